The van der Waals surface area contributed by atoms with Crippen LogP contribution in [0.15, 0.2) is 52.7 Å². The summed E-state index contributed by atoms with van der Waals surface area (Å²) in [7, 11) is 0. The van der Waals surface area contributed by atoms with Crippen molar-refractivity contribution in [3.8, 4) is 11.6 Å². The number of benzene rings is 2. The molecule has 0 radical (unpaired) electrons. The van der Waals surface area contributed by atoms with Gasteiger partial charge in [-0.1, -0.05) is 31.4 Å². The molecule has 0 aliphatic rings. The van der Waals surface area contributed by atoms with Crippen molar-refractivity contribution < 1.29 is 15.0 Å². The normalized spacial score (nSPS) is 11.5. The number of rotatable bonds is 6. The molecule has 0 saturated heterocycles. The molecule has 3 aromatic rings. The van der Waals surface area contributed by atoms with E-state index in [1.54, 1.807) is 0 Å². The molecular formula is C21H23N3O3. The van der Waals surface area contributed by atoms with Crippen LogP contribution in [-0.4, -0.2) is 20.7 Å². The number of aromatic hydroxyl groups is 2. The van der Waals surface area contributed by atoms with E-state index in [2.05, 4.69) is 17.2 Å². The Morgan fingerprint density at radius 1 is 1.07 bits per heavy atom. The highest BCUT2D eigenvalue weighted by molar-refractivity contribution is 5.97. The molecule has 0 aliphatic carbocycles. The Balaban J connectivity index is 1.97. The predicted molar refractivity (Wildman–Crippen MR) is 105 cm³/mol. The molecule has 0 aliphatic heterocycles. The number of unbranched alkanes of at least 4 members (excludes halogenated alkanes) is 2. The molecule has 0 fully saturated rings. The molecule has 6 nitrogen and oxygen atoms in total. The monoisotopic (exact) mass is 365 g/mol. The highest BCUT2D eigenvalue weighted by atomic mass is 16.3. The minimum absolute atomic E-state index is 0.0222. The lowest BCUT2D eigenvalue weighted by Crippen LogP contribution is -1.96. The van der Waals surface area contributed by atoms with Crippen LogP contribution in [0.25, 0.3) is 10.9 Å². The summed E-state index contributed by atoms with van der Waals surface area (Å²) in [4.78, 5) is 12.2. The lowest BCUT2D eigenvalue weighted by Gasteiger charge is -2.06. The number of phenols is 1. The summed E-state index contributed by atoms with van der Waals surface area (Å²) < 4.78 is 1.82. The molecule has 3 rings (SSSR count). The van der Waals surface area contributed by atoms with Gasteiger partial charge < -0.3 is 14.8 Å². The Bertz CT molecular complexity index is 988. The number of phenolic OH excluding ortho intramolecular Hbond substituents is 1. The smallest absolute Gasteiger partial charge is 0.295 e. The number of nitrogens with zero attached hydrogens (tertiary/aromatic N) is 3. The third-order valence-electron chi connectivity index (χ3n) is 4.51. The summed E-state index contributed by atoms with van der Waals surface area (Å²) in [5, 5.41) is 28.6. The summed E-state index contributed by atoms with van der Waals surface area (Å²) in [6.07, 6.45) is 3.11. The van der Waals surface area contributed by atoms with Gasteiger partial charge in [0.25, 0.3) is 5.91 Å². The second kappa shape index (κ2) is 8.03. The van der Waals surface area contributed by atoms with Gasteiger partial charge in [-0.15, -0.1) is 10.2 Å². The lowest BCUT2D eigenvalue weighted by molar-refractivity contribution is 0.0995. The number of azo groups is 1. The Hall–Kier alpha value is -3.15. The maximum Gasteiger partial charge on any atom is 0.295 e. The van der Waals surface area contributed by atoms with Crippen molar-refractivity contribution in [1.29, 1.82) is 0 Å². The van der Waals surface area contributed by atoms with Crippen LogP contribution >= 0.6 is 0 Å². The van der Waals surface area contributed by atoms with E-state index < -0.39 is 5.91 Å². The number of carbonyl (C=O) groups is 1. The Morgan fingerprint density at radius 3 is 2.52 bits per heavy atom. The molecule has 0 bridgehead atoms. The van der Waals surface area contributed by atoms with Crippen LogP contribution in [0.3, 0.4) is 0 Å². The van der Waals surface area contributed by atoms with Gasteiger partial charge in [0, 0.05) is 17.5 Å². The van der Waals surface area contributed by atoms with Crippen LogP contribution in [0.1, 0.15) is 42.1 Å². The highest BCUT2D eigenvalue weighted by Crippen LogP contribution is 2.39. The van der Waals surface area contributed by atoms with Gasteiger partial charge >= 0.3 is 0 Å². The zero-order valence-electron chi connectivity index (χ0n) is 15.5. The molecule has 0 unspecified atom stereocenters. The predicted octanol–water partition coefficient (Wildman–Crippen LogP) is 5.48. The molecule has 6 heteroatoms. The number of fused-ring (bicyclic) bond motifs is 1. The van der Waals surface area contributed by atoms with Crippen molar-refractivity contribution in [3.63, 3.8) is 0 Å². The Morgan fingerprint density at radius 2 is 1.81 bits per heavy atom. The van der Waals surface area contributed by atoms with E-state index in [1.807, 2.05) is 29.7 Å². The minimum Gasteiger partial charge on any atom is -0.508 e. The summed E-state index contributed by atoms with van der Waals surface area (Å²) in [6.45, 7) is 4.78. The number of hydrogen-bond acceptors (Lipinski definition) is 4. The fraction of sp³-hybridized carbons (Fsp3) is 0.286. The second-order valence-electron chi connectivity index (χ2n) is 6.60. The first-order valence-corrected chi connectivity index (χ1v) is 9.08. The van der Waals surface area contributed by atoms with Crippen LogP contribution in [0, 0.1) is 6.92 Å². The van der Waals surface area contributed by atoms with Crippen LogP contribution in [0.2, 0.25) is 0 Å². The number of hydrogen-bond donors (Lipinski definition) is 2. The first kappa shape index (κ1) is 18.6. The van der Waals surface area contributed by atoms with Crippen LogP contribution in [0.4, 0.5) is 5.69 Å². The summed E-state index contributed by atoms with van der Waals surface area (Å²) in [6, 6.07) is 11.7. The van der Waals surface area contributed by atoms with Gasteiger partial charge in [0.2, 0.25) is 5.88 Å². The summed E-state index contributed by atoms with van der Waals surface area (Å²) >= 11 is 0. The number of amides is 1. The molecule has 2 aromatic carbocycles. The van der Waals surface area contributed by atoms with E-state index in [9.17, 15) is 15.0 Å². The van der Waals surface area contributed by atoms with Crippen LogP contribution < -0.4 is 0 Å². The van der Waals surface area contributed by atoms with E-state index in [-0.39, 0.29) is 11.6 Å². The number of aryl methyl sites for hydroxylation is 2. The van der Waals surface area contributed by atoms with Gasteiger partial charge in [0.05, 0.1) is 5.52 Å². The number of carbonyl (C=O) groups excluding carboxylic acids is 1. The van der Waals surface area contributed by atoms with Gasteiger partial charge in [-0.25, -0.2) is 0 Å². The van der Waals surface area contributed by atoms with Crippen molar-refractivity contribution in [2.45, 2.75) is 39.7 Å². The summed E-state index contributed by atoms with van der Waals surface area (Å²) in [5.41, 5.74) is 2.53. The van der Waals surface area contributed by atoms with Crippen molar-refractivity contribution in [1.82, 2.24) is 4.57 Å². The third-order valence-corrected chi connectivity index (χ3v) is 4.51. The topological polar surface area (TPSA) is 87.2 Å². The fourth-order valence-corrected chi connectivity index (χ4v) is 3.04. The maximum absolute atomic E-state index is 12.2. The molecule has 1 heterocycles. The Kier molecular flexibility index (Phi) is 5.54. The fourth-order valence-electron chi connectivity index (χ4n) is 3.04. The van der Waals surface area contributed by atoms with Crippen molar-refractivity contribution in [3.05, 3.63) is 53.6 Å². The molecule has 0 atom stereocenters. The Labute approximate surface area is 157 Å². The van der Waals surface area contributed by atoms with E-state index in [0.717, 1.165) is 35.7 Å². The largest absolute Gasteiger partial charge is 0.508 e. The van der Waals surface area contributed by atoms with E-state index in [0.29, 0.717) is 17.8 Å². The minimum atomic E-state index is -0.533. The van der Waals surface area contributed by atoms with Gasteiger partial charge in [-0.3, -0.25) is 4.79 Å². The van der Waals surface area contributed by atoms with Gasteiger partial charge in [0.1, 0.15) is 5.75 Å². The first-order valence-electron chi connectivity index (χ1n) is 9.08. The SMILES string of the molecule is CCCCCn1c(O)c(N=NC(=O)c2ccc(O)cc2)c2cc(C)ccc21. The maximum atomic E-state index is 12.2. The zero-order chi connectivity index (χ0) is 19.4. The van der Waals surface area contributed by atoms with E-state index in [4.69, 9.17) is 0 Å². The zero-order valence-corrected chi connectivity index (χ0v) is 15.5. The molecule has 1 amide bonds. The standard InChI is InChI=1S/C21H23N3O3/c1-3-4-5-12-24-18-11-6-14(2)13-17(18)19(21(24)27)22-23-20(26)15-7-9-16(25)10-8-15/h6-11,13,25,27H,3-5,12H2,1-2H3. The van der Waals surface area contributed by atoms with Gasteiger partial charge in [0.15, 0.2) is 5.69 Å². The third kappa shape index (κ3) is 4.00. The van der Waals surface area contributed by atoms with E-state index >= 15 is 0 Å². The van der Waals surface area contributed by atoms with E-state index in [1.165, 1.54) is 24.3 Å². The molecule has 0 spiro atoms. The molecule has 140 valence electrons. The van der Waals surface area contributed by atoms with Crippen LogP contribution in [-0.2, 0) is 6.54 Å². The summed E-state index contributed by atoms with van der Waals surface area (Å²) in [5.74, 6) is -0.436. The average molecular weight is 365 g/mol. The molecule has 1 aromatic heterocycles. The van der Waals surface area contributed by atoms with Crippen molar-refractivity contribution in [2.24, 2.45) is 10.2 Å². The van der Waals surface area contributed by atoms with Gasteiger partial charge in [-0.2, -0.15) is 0 Å². The molecule has 27 heavy (non-hydrogen) atoms. The molecule has 0 saturated carbocycles. The second-order valence-corrected chi connectivity index (χ2v) is 6.60. The number of aromatic nitrogens is 1. The molecule has 2 N–H and O–H groups in total. The van der Waals surface area contributed by atoms with Crippen molar-refractivity contribution in [2.75, 3.05) is 0 Å². The molecular weight excluding hydrogens is 342 g/mol. The quantitative estimate of drug-likeness (QED) is 0.448. The van der Waals surface area contributed by atoms with Crippen molar-refractivity contribution >= 4 is 22.5 Å². The lowest BCUT2D eigenvalue weighted by atomic mass is 10.1. The van der Waals surface area contributed by atoms with Crippen LogP contribution in [0.5, 0.6) is 11.6 Å². The van der Waals surface area contributed by atoms with Gasteiger partial charge in [-0.05, 0) is 49.7 Å². The first-order chi connectivity index (χ1) is 13.0. The highest BCUT2D eigenvalue weighted by Gasteiger charge is 2.17. The average Bonchev–Trinajstić information content (AvgIpc) is 2.91.